The van der Waals surface area contributed by atoms with Gasteiger partial charge >= 0.3 is 0 Å². The molecule has 7 heteroatoms. The standard InChI is InChI=1S/C16H19N3O3S/c17-12-16-13-19(10-11-22-16)23(20,21)18-8-6-15(7-9-18)14-4-2-1-3-5-14/h1-6,16H,7-11,13H2/t16-/m0/s1. The number of ether oxygens (including phenoxy) is 1. The Labute approximate surface area is 136 Å². The molecule has 0 amide bonds. The minimum absolute atomic E-state index is 0.102. The van der Waals surface area contributed by atoms with E-state index < -0.39 is 16.3 Å². The lowest BCUT2D eigenvalue weighted by Gasteiger charge is -2.34. The van der Waals surface area contributed by atoms with Crippen LogP contribution < -0.4 is 0 Å². The van der Waals surface area contributed by atoms with Crippen LogP contribution in [0.2, 0.25) is 0 Å². The second kappa shape index (κ2) is 6.81. The molecule has 23 heavy (non-hydrogen) atoms. The fourth-order valence-corrected chi connectivity index (χ4v) is 4.39. The van der Waals surface area contributed by atoms with Crippen molar-refractivity contribution in [3.63, 3.8) is 0 Å². The Morgan fingerprint density at radius 1 is 1.17 bits per heavy atom. The van der Waals surface area contributed by atoms with Gasteiger partial charge in [0.05, 0.1) is 19.2 Å². The van der Waals surface area contributed by atoms with E-state index >= 15 is 0 Å². The second-order valence-corrected chi connectivity index (χ2v) is 7.49. The molecular formula is C16H19N3O3S. The number of morpholine rings is 1. The third-order valence-corrected chi connectivity index (χ3v) is 6.11. The Bertz CT molecular complexity index is 725. The molecule has 2 heterocycles. The molecule has 1 aromatic rings. The molecule has 0 unspecified atom stereocenters. The van der Waals surface area contributed by atoms with E-state index in [1.165, 1.54) is 14.2 Å². The normalized spacial score (nSPS) is 24.0. The first-order valence-corrected chi connectivity index (χ1v) is 9.02. The van der Waals surface area contributed by atoms with Crippen molar-refractivity contribution >= 4 is 15.8 Å². The maximum Gasteiger partial charge on any atom is 0.282 e. The molecule has 0 bridgehead atoms. The highest BCUT2D eigenvalue weighted by molar-refractivity contribution is 7.86. The Hall–Kier alpha value is -1.72. The molecule has 0 saturated carbocycles. The molecule has 0 aromatic heterocycles. The molecule has 1 aromatic carbocycles. The lowest BCUT2D eigenvalue weighted by molar-refractivity contribution is 0.0291. The summed E-state index contributed by atoms with van der Waals surface area (Å²) < 4.78 is 33.4. The summed E-state index contributed by atoms with van der Waals surface area (Å²) in [6.45, 7) is 1.48. The summed E-state index contributed by atoms with van der Waals surface area (Å²) in [6.07, 6.45) is 1.98. The number of hydrogen-bond donors (Lipinski definition) is 0. The highest BCUT2D eigenvalue weighted by atomic mass is 32.2. The van der Waals surface area contributed by atoms with Gasteiger partial charge in [0.1, 0.15) is 0 Å². The summed E-state index contributed by atoms with van der Waals surface area (Å²) >= 11 is 0. The zero-order valence-electron chi connectivity index (χ0n) is 12.8. The van der Waals surface area contributed by atoms with Crippen LogP contribution in [0.4, 0.5) is 0 Å². The van der Waals surface area contributed by atoms with Gasteiger partial charge in [0.15, 0.2) is 6.10 Å². The molecule has 2 aliphatic heterocycles. The lowest BCUT2D eigenvalue weighted by atomic mass is 10.0. The van der Waals surface area contributed by atoms with Gasteiger partial charge in [0.25, 0.3) is 10.2 Å². The van der Waals surface area contributed by atoms with Gasteiger partial charge in [-0.25, -0.2) is 0 Å². The Kier molecular flexibility index (Phi) is 4.78. The average molecular weight is 333 g/mol. The SMILES string of the molecule is N#C[C@H]1CN(S(=O)(=O)N2CC=C(c3ccccc3)CC2)CCO1. The van der Waals surface area contributed by atoms with Crippen molar-refractivity contribution in [3.05, 3.63) is 42.0 Å². The van der Waals surface area contributed by atoms with Gasteiger partial charge in [-0.05, 0) is 17.6 Å². The summed E-state index contributed by atoms with van der Waals surface area (Å²) in [5.74, 6) is 0. The molecule has 122 valence electrons. The van der Waals surface area contributed by atoms with Crippen LogP contribution in [0.5, 0.6) is 0 Å². The van der Waals surface area contributed by atoms with Crippen LogP contribution in [-0.2, 0) is 14.9 Å². The van der Waals surface area contributed by atoms with Crippen LogP contribution in [0.1, 0.15) is 12.0 Å². The minimum atomic E-state index is -3.54. The predicted molar refractivity (Wildman–Crippen MR) is 86.5 cm³/mol. The van der Waals surface area contributed by atoms with Crippen molar-refractivity contribution in [2.75, 3.05) is 32.8 Å². The van der Waals surface area contributed by atoms with Crippen LogP contribution >= 0.6 is 0 Å². The van der Waals surface area contributed by atoms with Crippen LogP contribution in [0, 0.1) is 11.3 Å². The monoisotopic (exact) mass is 333 g/mol. The van der Waals surface area contributed by atoms with Crippen LogP contribution in [-0.4, -0.2) is 55.9 Å². The number of hydrogen-bond acceptors (Lipinski definition) is 4. The van der Waals surface area contributed by atoms with Gasteiger partial charge in [-0.1, -0.05) is 36.4 Å². The molecule has 2 aliphatic rings. The van der Waals surface area contributed by atoms with Crippen molar-refractivity contribution in [2.24, 2.45) is 0 Å². The van der Waals surface area contributed by atoms with Gasteiger partial charge < -0.3 is 4.74 Å². The van der Waals surface area contributed by atoms with E-state index in [0.29, 0.717) is 26.1 Å². The molecule has 0 spiro atoms. The molecular weight excluding hydrogens is 314 g/mol. The number of nitrogens with zero attached hydrogens (tertiary/aromatic N) is 3. The Morgan fingerprint density at radius 3 is 2.61 bits per heavy atom. The Balaban J connectivity index is 1.71. The van der Waals surface area contributed by atoms with Crippen LogP contribution in [0.25, 0.3) is 5.57 Å². The third kappa shape index (κ3) is 3.46. The lowest BCUT2D eigenvalue weighted by Crippen LogP contribution is -2.51. The molecule has 1 fully saturated rings. The summed E-state index contributed by atoms with van der Waals surface area (Å²) in [5.41, 5.74) is 2.31. The summed E-state index contributed by atoms with van der Waals surface area (Å²) in [4.78, 5) is 0. The molecule has 1 saturated heterocycles. The summed E-state index contributed by atoms with van der Waals surface area (Å²) in [5, 5.41) is 8.93. The fraction of sp³-hybridized carbons (Fsp3) is 0.438. The molecule has 0 N–H and O–H groups in total. The van der Waals surface area contributed by atoms with Crippen molar-refractivity contribution in [1.29, 1.82) is 5.26 Å². The largest absolute Gasteiger partial charge is 0.361 e. The van der Waals surface area contributed by atoms with E-state index in [0.717, 1.165) is 5.56 Å². The van der Waals surface area contributed by atoms with Crippen molar-refractivity contribution in [1.82, 2.24) is 8.61 Å². The van der Waals surface area contributed by atoms with Gasteiger partial charge in [-0.2, -0.15) is 22.3 Å². The summed E-state index contributed by atoms with van der Waals surface area (Å²) in [7, 11) is -3.54. The summed E-state index contributed by atoms with van der Waals surface area (Å²) in [6, 6.07) is 12.0. The molecule has 1 atom stereocenters. The molecule has 0 radical (unpaired) electrons. The zero-order valence-corrected chi connectivity index (χ0v) is 13.6. The van der Waals surface area contributed by atoms with E-state index in [-0.39, 0.29) is 13.2 Å². The van der Waals surface area contributed by atoms with E-state index in [1.807, 2.05) is 42.5 Å². The predicted octanol–water partition coefficient (Wildman–Crippen LogP) is 1.24. The maximum absolute atomic E-state index is 12.7. The molecule has 0 aliphatic carbocycles. The third-order valence-electron chi connectivity index (χ3n) is 4.14. The highest BCUT2D eigenvalue weighted by Gasteiger charge is 2.34. The highest BCUT2D eigenvalue weighted by Crippen LogP contribution is 2.25. The number of benzene rings is 1. The quantitative estimate of drug-likeness (QED) is 0.834. The minimum Gasteiger partial charge on any atom is -0.361 e. The van der Waals surface area contributed by atoms with Gasteiger partial charge in [-0.15, -0.1) is 0 Å². The van der Waals surface area contributed by atoms with E-state index in [1.54, 1.807) is 0 Å². The van der Waals surface area contributed by atoms with Crippen LogP contribution in [0.15, 0.2) is 36.4 Å². The van der Waals surface area contributed by atoms with Crippen molar-refractivity contribution in [3.8, 4) is 6.07 Å². The van der Waals surface area contributed by atoms with E-state index in [9.17, 15) is 8.42 Å². The maximum atomic E-state index is 12.7. The number of rotatable bonds is 3. The smallest absolute Gasteiger partial charge is 0.282 e. The second-order valence-electron chi connectivity index (χ2n) is 5.56. The zero-order chi connectivity index (χ0) is 16.3. The molecule has 6 nitrogen and oxygen atoms in total. The first-order chi connectivity index (χ1) is 11.1. The average Bonchev–Trinajstić information content (AvgIpc) is 2.62. The van der Waals surface area contributed by atoms with Gasteiger partial charge in [0.2, 0.25) is 0 Å². The topological polar surface area (TPSA) is 73.6 Å². The first kappa shape index (κ1) is 16.1. The number of nitriles is 1. The fourth-order valence-electron chi connectivity index (χ4n) is 2.85. The van der Waals surface area contributed by atoms with Crippen molar-refractivity contribution in [2.45, 2.75) is 12.5 Å². The molecule has 3 rings (SSSR count). The van der Waals surface area contributed by atoms with E-state index in [4.69, 9.17) is 10.00 Å². The first-order valence-electron chi connectivity index (χ1n) is 7.62. The van der Waals surface area contributed by atoms with Gasteiger partial charge in [-0.3, -0.25) is 0 Å². The van der Waals surface area contributed by atoms with Crippen molar-refractivity contribution < 1.29 is 13.2 Å². The van der Waals surface area contributed by atoms with Gasteiger partial charge in [0, 0.05) is 19.6 Å². The Morgan fingerprint density at radius 2 is 1.96 bits per heavy atom. The van der Waals surface area contributed by atoms with Crippen LogP contribution in [0.3, 0.4) is 0 Å². The van der Waals surface area contributed by atoms with E-state index in [2.05, 4.69) is 0 Å².